The molecule has 1 aliphatic heterocycles. The van der Waals surface area contributed by atoms with E-state index in [1.165, 1.54) is 31.3 Å². The molecule has 1 fully saturated rings. The fourth-order valence-corrected chi connectivity index (χ4v) is 3.34. The maximum absolute atomic E-state index is 4.80. The Balaban J connectivity index is 1.62. The summed E-state index contributed by atoms with van der Waals surface area (Å²) in [5.74, 6) is 0. The van der Waals surface area contributed by atoms with Crippen LogP contribution >= 0.6 is 0 Å². The Kier molecular flexibility index (Phi) is 4.38. The van der Waals surface area contributed by atoms with Gasteiger partial charge in [0, 0.05) is 42.1 Å². The molecule has 0 bridgehead atoms. The number of fused-ring (bicyclic) bond motifs is 1. The fourth-order valence-electron chi connectivity index (χ4n) is 3.34. The summed E-state index contributed by atoms with van der Waals surface area (Å²) in [6.07, 6.45) is 6.33. The molecule has 4 rings (SSSR count). The number of aromatic nitrogens is 2. The summed E-state index contributed by atoms with van der Waals surface area (Å²) in [4.78, 5) is 11.5. The normalized spacial score (nSPS) is 15.0. The van der Waals surface area contributed by atoms with Gasteiger partial charge >= 0.3 is 0 Å². The lowest BCUT2D eigenvalue weighted by Crippen LogP contribution is -2.26. The van der Waals surface area contributed by atoms with Gasteiger partial charge in [-0.1, -0.05) is 18.2 Å². The molecule has 4 nitrogen and oxygen atoms in total. The second-order valence-electron chi connectivity index (χ2n) is 6.29. The Labute approximate surface area is 142 Å². The zero-order valence-electron chi connectivity index (χ0n) is 13.8. The molecule has 0 aliphatic carbocycles. The summed E-state index contributed by atoms with van der Waals surface area (Å²) in [6, 6.07) is 14.5. The van der Waals surface area contributed by atoms with Gasteiger partial charge in [-0.2, -0.15) is 0 Å². The van der Waals surface area contributed by atoms with Crippen molar-refractivity contribution in [2.75, 3.05) is 31.5 Å². The maximum Gasteiger partial charge on any atom is 0.0745 e. The highest BCUT2D eigenvalue weighted by Gasteiger charge is 2.11. The number of nitrogens with zero attached hydrogens (tertiary/aromatic N) is 3. The highest BCUT2D eigenvalue weighted by molar-refractivity contribution is 5.93. The number of pyridine rings is 2. The Morgan fingerprint density at radius 3 is 2.75 bits per heavy atom. The number of likely N-dealkylation sites (tertiary alicyclic amines) is 1. The maximum atomic E-state index is 4.80. The van der Waals surface area contributed by atoms with Gasteiger partial charge in [-0.25, -0.2) is 4.98 Å². The van der Waals surface area contributed by atoms with Crippen molar-refractivity contribution in [3.8, 4) is 11.3 Å². The number of rotatable bonds is 5. The summed E-state index contributed by atoms with van der Waals surface area (Å²) < 4.78 is 0. The summed E-state index contributed by atoms with van der Waals surface area (Å²) in [5, 5.41) is 4.80. The molecule has 1 N–H and O–H groups in total. The summed E-state index contributed by atoms with van der Waals surface area (Å²) in [7, 11) is 0. The topological polar surface area (TPSA) is 41.1 Å². The lowest BCUT2D eigenvalue weighted by atomic mass is 10.1. The second-order valence-corrected chi connectivity index (χ2v) is 6.29. The highest BCUT2D eigenvalue weighted by Crippen LogP contribution is 2.27. The summed E-state index contributed by atoms with van der Waals surface area (Å²) in [5.41, 5.74) is 4.18. The standard InChI is InChI=1S/C20H22N4/c1-2-8-18-17(7-1)20(22-10-13-24-11-3-4-12-24)14-19(23-18)16-6-5-9-21-15-16/h1-2,5-9,14-15H,3-4,10-13H2,(H,22,23). The van der Waals surface area contributed by atoms with E-state index in [0.29, 0.717) is 0 Å². The van der Waals surface area contributed by atoms with E-state index in [1.54, 1.807) is 6.20 Å². The first-order valence-corrected chi connectivity index (χ1v) is 8.66. The first-order valence-electron chi connectivity index (χ1n) is 8.66. The minimum absolute atomic E-state index is 0.959. The number of hydrogen-bond acceptors (Lipinski definition) is 4. The SMILES string of the molecule is c1cncc(-c2cc(NCCN3CCCC3)c3ccccc3n2)c1. The fraction of sp³-hybridized carbons (Fsp3) is 0.300. The van der Waals surface area contributed by atoms with Crippen molar-refractivity contribution in [1.29, 1.82) is 0 Å². The van der Waals surface area contributed by atoms with E-state index in [9.17, 15) is 0 Å². The van der Waals surface area contributed by atoms with Gasteiger partial charge in [0.2, 0.25) is 0 Å². The second kappa shape index (κ2) is 6.97. The third-order valence-corrected chi connectivity index (χ3v) is 4.62. The van der Waals surface area contributed by atoms with E-state index in [4.69, 9.17) is 4.98 Å². The third-order valence-electron chi connectivity index (χ3n) is 4.62. The minimum Gasteiger partial charge on any atom is -0.383 e. The predicted octanol–water partition coefficient (Wildman–Crippen LogP) is 3.80. The molecule has 24 heavy (non-hydrogen) atoms. The van der Waals surface area contributed by atoms with Gasteiger partial charge in [-0.3, -0.25) is 4.98 Å². The van der Waals surface area contributed by atoms with Crippen LogP contribution in [0.5, 0.6) is 0 Å². The molecule has 0 unspecified atom stereocenters. The molecule has 122 valence electrons. The number of anilines is 1. The Bertz CT molecular complexity index is 810. The van der Waals surface area contributed by atoms with Crippen LogP contribution in [0.25, 0.3) is 22.2 Å². The van der Waals surface area contributed by atoms with E-state index >= 15 is 0 Å². The van der Waals surface area contributed by atoms with Gasteiger partial charge in [0.05, 0.1) is 11.2 Å². The van der Waals surface area contributed by atoms with E-state index < -0.39 is 0 Å². The molecule has 2 aromatic heterocycles. The average molecular weight is 318 g/mol. The van der Waals surface area contributed by atoms with Gasteiger partial charge in [0.15, 0.2) is 0 Å². The Hall–Kier alpha value is -2.46. The molecule has 0 radical (unpaired) electrons. The highest BCUT2D eigenvalue weighted by atomic mass is 15.1. The molecule has 0 spiro atoms. The number of hydrogen-bond donors (Lipinski definition) is 1. The molecular weight excluding hydrogens is 296 g/mol. The van der Waals surface area contributed by atoms with E-state index in [1.807, 2.05) is 18.3 Å². The Morgan fingerprint density at radius 2 is 1.92 bits per heavy atom. The van der Waals surface area contributed by atoms with Gasteiger partial charge in [-0.05, 0) is 50.2 Å². The van der Waals surface area contributed by atoms with Crippen LogP contribution in [0.15, 0.2) is 54.9 Å². The first-order chi connectivity index (χ1) is 11.9. The zero-order valence-corrected chi connectivity index (χ0v) is 13.8. The largest absolute Gasteiger partial charge is 0.383 e. The van der Waals surface area contributed by atoms with Gasteiger partial charge < -0.3 is 10.2 Å². The van der Waals surface area contributed by atoms with Gasteiger partial charge in [0.25, 0.3) is 0 Å². The van der Waals surface area contributed by atoms with Crippen LogP contribution in [0, 0.1) is 0 Å². The molecule has 0 atom stereocenters. The van der Waals surface area contributed by atoms with Crippen molar-refractivity contribution >= 4 is 16.6 Å². The molecule has 1 aromatic carbocycles. The number of nitrogens with one attached hydrogen (secondary N) is 1. The van der Waals surface area contributed by atoms with Crippen molar-refractivity contribution in [2.45, 2.75) is 12.8 Å². The smallest absolute Gasteiger partial charge is 0.0745 e. The monoisotopic (exact) mass is 318 g/mol. The molecule has 3 heterocycles. The molecular formula is C20H22N4. The van der Waals surface area contributed by atoms with Crippen LogP contribution in [0.4, 0.5) is 5.69 Å². The third kappa shape index (κ3) is 3.24. The van der Waals surface area contributed by atoms with Gasteiger partial charge in [0.1, 0.15) is 0 Å². The average Bonchev–Trinajstić information content (AvgIpc) is 3.16. The van der Waals surface area contributed by atoms with Crippen LogP contribution < -0.4 is 5.32 Å². The molecule has 3 aromatic rings. The molecule has 0 amide bonds. The number of para-hydroxylation sites is 1. The van der Waals surface area contributed by atoms with Crippen LogP contribution in [0.2, 0.25) is 0 Å². The zero-order chi connectivity index (χ0) is 16.2. The van der Waals surface area contributed by atoms with Crippen LogP contribution in [0.3, 0.4) is 0 Å². The minimum atomic E-state index is 0.959. The van der Waals surface area contributed by atoms with Crippen molar-refractivity contribution < 1.29 is 0 Å². The van der Waals surface area contributed by atoms with Crippen molar-refractivity contribution in [2.24, 2.45) is 0 Å². The lowest BCUT2D eigenvalue weighted by Gasteiger charge is -2.17. The van der Waals surface area contributed by atoms with Crippen molar-refractivity contribution in [3.63, 3.8) is 0 Å². The molecule has 1 aliphatic rings. The van der Waals surface area contributed by atoms with Crippen LogP contribution in [-0.2, 0) is 0 Å². The van der Waals surface area contributed by atoms with Crippen molar-refractivity contribution in [1.82, 2.24) is 14.9 Å². The predicted molar refractivity (Wildman–Crippen MR) is 99.1 cm³/mol. The summed E-state index contributed by atoms with van der Waals surface area (Å²) in [6.45, 7) is 4.53. The molecule has 0 saturated carbocycles. The van der Waals surface area contributed by atoms with Crippen LogP contribution in [-0.4, -0.2) is 41.0 Å². The quantitative estimate of drug-likeness (QED) is 0.777. The lowest BCUT2D eigenvalue weighted by molar-refractivity contribution is 0.353. The van der Waals surface area contributed by atoms with Crippen molar-refractivity contribution in [3.05, 3.63) is 54.9 Å². The van der Waals surface area contributed by atoms with E-state index in [2.05, 4.69) is 45.5 Å². The molecule has 4 heteroatoms. The van der Waals surface area contributed by atoms with Gasteiger partial charge in [-0.15, -0.1) is 0 Å². The Morgan fingerprint density at radius 1 is 1.04 bits per heavy atom. The molecule has 1 saturated heterocycles. The first kappa shape index (κ1) is 15.1. The van der Waals surface area contributed by atoms with Crippen LogP contribution in [0.1, 0.15) is 12.8 Å². The van der Waals surface area contributed by atoms with E-state index in [0.717, 1.165) is 35.6 Å². The number of benzene rings is 1. The summed E-state index contributed by atoms with van der Waals surface area (Å²) >= 11 is 0. The van der Waals surface area contributed by atoms with E-state index in [-0.39, 0.29) is 0 Å².